The molecule has 9 heteroatoms. The normalized spacial score (nSPS) is 18.9. The average molecular weight is 475 g/mol. The first kappa shape index (κ1) is 23.7. The molecule has 0 aliphatic carbocycles. The largest absolute Gasteiger partial charge is 0.369 e. The van der Waals surface area contributed by atoms with Crippen molar-refractivity contribution in [1.82, 2.24) is 14.5 Å². The van der Waals surface area contributed by atoms with Gasteiger partial charge in [-0.1, -0.05) is 12.1 Å². The number of amides is 1. The number of anilines is 1. The lowest BCUT2D eigenvalue weighted by molar-refractivity contribution is -0.126. The highest BCUT2D eigenvalue weighted by atomic mass is 32.2. The second-order valence-corrected chi connectivity index (χ2v) is 10.7. The van der Waals surface area contributed by atoms with E-state index in [0.29, 0.717) is 19.4 Å². The molecule has 0 spiro atoms. The minimum Gasteiger partial charge on any atom is -0.369 e. The summed E-state index contributed by atoms with van der Waals surface area (Å²) in [6.07, 6.45) is 0.934. The van der Waals surface area contributed by atoms with E-state index in [1.54, 1.807) is 0 Å². The van der Waals surface area contributed by atoms with Gasteiger partial charge in [0, 0.05) is 57.4 Å². The van der Waals surface area contributed by atoms with Crippen molar-refractivity contribution in [3.05, 3.63) is 59.9 Å². The third kappa shape index (κ3) is 5.72. The molecule has 2 aromatic carbocycles. The van der Waals surface area contributed by atoms with Gasteiger partial charge < -0.3 is 15.1 Å². The molecule has 1 amide bonds. The molecule has 2 aromatic rings. The second-order valence-electron chi connectivity index (χ2n) is 8.81. The minimum atomic E-state index is -3.67. The van der Waals surface area contributed by atoms with Crippen LogP contribution in [0.15, 0.2) is 53.4 Å². The van der Waals surface area contributed by atoms with E-state index in [2.05, 4.69) is 34.3 Å². The molecule has 1 N–H and O–H groups in total. The second kappa shape index (κ2) is 10.2. The van der Waals surface area contributed by atoms with Crippen LogP contribution in [-0.4, -0.2) is 69.8 Å². The van der Waals surface area contributed by atoms with E-state index in [1.165, 1.54) is 22.1 Å². The molecule has 2 aliphatic rings. The number of piperidine rings is 1. The Hall–Kier alpha value is -2.49. The maximum Gasteiger partial charge on any atom is 0.243 e. The summed E-state index contributed by atoms with van der Waals surface area (Å²) >= 11 is 0. The lowest BCUT2D eigenvalue weighted by Gasteiger charge is -2.34. The summed E-state index contributed by atoms with van der Waals surface area (Å²) in [6, 6.07) is 13.1. The van der Waals surface area contributed by atoms with Crippen molar-refractivity contribution in [2.24, 2.45) is 5.92 Å². The predicted molar refractivity (Wildman–Crippen MR) is 126 cm³/mol. The highest BCUT2D eigenvalue weighted by Crippen LogP contribution is 2.24. The number of halogens is 1. The van der Waals surface area contributed by atoms with Crippen LogP contribution < -0.4 is 10.2 Å². The fraction of sp³-hybridized carbons (Fsp3) is 0.458. The zero-order valence-corrected chi connectivity index (χ0v) is 19.7. The van der Waals surface area contributed by atoms with Crippen LogP contribution in [0, 0.1) is 11.7 Å². The predicted octanol–water partition coefficient (Wildman–Crippen LogP) is 2.29. The number of piperazine rings is 1. The standard InChI is InChI=1S/C24H31FN4O3S/c1-27-14-16-28(17-15-27)22-6-2-19(3-7-22)18-26-24(30)20-10-12-29(13-11-20)33(31,32)23-8-4-21(25)5-9-23/h2-9,20H,10-18H2,1H3,(H,26,30). The molecule has 0 radical (unpaired) electrons. The van der Waals surface area contributed by atoms with E-state index >= 15 is 0 Å². The number of nitrogens with one attached hydrogen (secondary N) is 1. The molecule has 2 heterocycles. The highest BCUT2D eigenvalue weighted by molar-refractivity contribution is 7.89. The van der Waals surface area contributed by atoms with Gasteiger partial charge in [-0.15, -0.1) is 0 Å². The van der Waals surface area contributed by atoms with E-state index in [0.717, 1.165) is 43.9 Å². The van der Waals surface area contributed by atoms with Gasteiger partial charge in [-0.05, 0) is 61.9 Å². The minimum absolute atomic E-state index is 0.0445. The third-order valence-electron chi connectivity index (χ3n) is 6.55. The Bertz CT molecular complexity index is 1040. The SMILES string of the molecule is CN1CCN(c2ccc(CNC(=O)C3CCN(S(=O)(=O)c4ccc(F)cc4)CC3)cc2)CC1. The van der Waals surface area contributed by atoms with Crippen molar-refractivity contribution in [2.45, 2.75) is 24.3 Å². The smallest absolute Gasteiger partial charge is 0.243 e. The number of hydrogen-bond donors (Lipinski definition) is 1. The number of benzene rings is 2. The molecule has 0 unspecified atom stereocenters. The van der Waals surface area contributed by atoms with Gasteiger partial charge in [-0.3, -0.25) is 4.79 Å². The Morgan fingerprint density at radius 1 is 0.939 bits per heavy atom. The van der Waals surface area contributed by atoms with Crippen LogP contribution in [0.25, 0.3) is 0 Å². The Labute approximate surface area is 195 Å². The number of nitrogens with zero attached hydrogens (tertiary/aromatic N) is 3. The number of likely N-dealkylation sites (N-methyl/N-ethyl adjacent to an activating group) is 1. The summed E-state index contributed by atoms with van der Waals surface area (Å²) in [7, 11) is -1.54. The zero-order chi connectivity index (χ0) is 23.4. The van der Waals surface area contributed by atoms with Crippen LogP contribution in [0.5, 0.6) is 0 Å². The van der Waals surface area contributed by atoms with Crippen molar-refractivity contribution in [1.29, 1.82) is 0 Å². The number of carbonyl (C=O) groups is 1. The van der Waals surface area contributed by atoms with Crippen molar-refractivity contribution >= 4 is 21.6 Å². The molecule has 2 saturated heterocycles. The van der Waals surface area contributed by atoms with Crippen LogP contribution in [0.3, 0.4) is 0 Å². The van der Waals surface area contributed by atoms with Gasteiger partial charge in [0.25, 0.3) is 0 Å². The molecule has 0 bridgehead atoms. The van der Waals surface area contributed by atoms with Gasteiger partial charge >= 0.3 is 0 Å². The molecule has 2 fully saturated rings. The van der Waals surface area contributed by atoms with E-state index in [-0.39, 0.29) is 29.8 Å². The van der Waals surface area contributed by atoms with E-state index < -0.39 is 15.8 Å². The van der Waals surface area contributed by atoms with Crippen LogP contribution >= 0.6 is 0 Å². The highest BCUT2D eigenvalue weighted by Gasteiger charge is 2.32. The van der Waals surface area contributed by atoms with Crippen molar-refractivity contribution < 1.29 is 17.6 Å². The molecule has 33 heavy (non-hydrogen) atoms. The van der Waals surface area contributed by atoms with Crippen molar-refractivity contribution in [3.8, 4) is 0 Å². The molecule has 0 atom stereocenters. The maximum absolute atomic E-state index is 13.1. The maximum atomic E-state index is 13.1. The monoisotopic (exact) mass is 474 g/mol. The first-order chi connectivity index (χ1) is 15.8. The molecule has 0 saturated carbocycles. The summed E-state index contributed by atoms with van der Waals surface area (Å²) in [4.78, 5) is 17.4. The van der Waals surface area contributed by atoms with E-state index in [4.69, 9.17) is 0 Å². The lowest BCUT2D eigenvalue weighted by atomic mass is 9.97. The Kier molecular flexibility index (Phi) is 7.31. The first-order valence-corrected chi connectivity index (χ1v) is 12.8. The number of carbonyl (C=O) groups excluding carboxylic acids is 1. The van der Waals surface area contributed by atoms with Crippen LogP contribution in [-0.2, 0) is 21.4 Å². The Morgan fingerprint density at radius 3 is 2.15 bits per heavy atom. The average Bonchev–Trinajstić information content (AvgIpc) is 2.84. The van der Waals surface area contributed by atoms with Crippen molar-refractivity contribution in [2.75, 3.05) is 51.2 Å². The summed E-state index contributed by atoms with van der Waals surface area (Å²) in [5, 5.41) is 3.00. The summed E-state index contributed by atoms with van der Waals surface area (Å²) < 4.78 is 40.0. The molecular weight excluding hydrogens is 443 g/mol. The van der Waals surface area contributed by atoms with E-state index in [1.807, 2.05) is 12.1 Å². The van der Waals surface area contributed by atoms with Crippen LogP contribution in [0.4, 0.5) is 10.1 Å². The lowest BCUT2D eigenvalue weighted by Crippen LogP contribution is -2.44. The van der Waals surface area contributed by atoms with Gasteiger partial charge in [0.1, 0.15) is 5.82 Å². The molecular formula is C24H31FN4O3S. The fourth-order valence-corrected chi connectivity index (χ4v) is 5.81. The van der Waals surface area contributed by atoms with Crippen LogP contribution in [0.2, 0.25) is 0 Å². The Balaban J connectivity index is 1.25. The topological polar surface area (TPSA) is 73.0 Å². The van der Waals surface area contributed by atoms with Gasteiger partial charge in [-0.2, -0.15) is 4.31 Å². The molecule has 4 rings (SSSR count). The van der Waals surface area contributed by atoms with Crippen LogP contribution in [0.1, 0.15) is 18.4 Å². The third-order valence-corrected chi connectivity index (χ3v) is 8.46. The molecule has 0 aromatic heterocycles. The van der Waals surface area contributed by atoms with Gasteiger partial charge in [-0.25, -0.2) is 12.8 Å². The number of sulfonamides is 1. The first-order valence-electron chi connectivity index (χ1n) is 11.4. The molecule has 7 nitrogen and oxygen atoms in total. The number of rotatable bonds is 6. The summed E-state index contributed by atoms with van der Waals surface area (Å²) in [5.74, 6) is -0.732. The van der Waals surface area contributed by atoms with Gasteiger partial charge in [0.15, 0.2) is 0 Å². The summed E-state index contributed by atoms with van der Waals surface area (Å²) in [6.45, 7) is 5.15. The molecule has 178 valence electrons. The van der Waals surface area contributed by atoms with E-state index in [9.17, 15) is 17.6 Å². The zero-order valence-electron chi connectivity index (χ0n) is 18.9. The summed E-state index contributed by atoms with van der Waals surface area (Å²) in [5.41, 5.74) is 2.24. The van der Waals surface area contributed by atoms with Gasteiger partial charge in [0.05, 0.1) is 4.90 Å². The molecule has 2 aliphatic heterocycles. The van der Waals surface area contributed by atoms with Crippen molar-refractivity contribution in [3.63, 3.8) is 0 Å². The quantitative estimate of drug-likeness (QED) is 0.696. The van der Waals surface area contributed by atoms with Gasteiger partial charge in [0.2, 0.25) is 15.9 Å². The number of hydrogen-bond acceptors (Lipinski definition) is 5. The fourth-order valence-electron chi connectivity index (χ4n) is 4.34. The Morgan fingerprint density at radius 2 is 1.55 bits per heavy atom.